The molecule has 0 aliphatic rings. The molecule has 0 radical (unpaired) electrons. The Morgan fingerprint density at radius 2 is 2.33 bits per heavy atom. The third-order valence-corrected chi connectivity index (χ3v) is 3.44. The van der Waals surface area contributed by atoms with Crippen LogP contribution in [-0.2, 0) is 4.79 Å². The highest BCUT2D eigenvalue weighted by Gasteiger charge is 2.15. The van der Waals surface area contributed by atoms with Crippen molar-refractivity contribution in [1.29, 1.82) is 0 Å². The third kappa shape index (κ3) is 4.12. The number of methoxy groups -OCH3 is 1. The monoisotopic (exact) mass is 270 g/mol. The fourth-order valence-corrected chi connectivity index (χ4v) is 2.02. The number of anilines is 2. The minimum atomic E-state index is -0.237. The van der Waals surface area contributed by atoms with Crippen molar-refractivity contribution in [1.82, 2.24) is 0 Å². The number of carbonyl (C=O) groups excluding carboxylic acids is 1. The first-order valence-electron chi connectivity index (χ1n) is 5.55. The molecule has 1 amide bonds. The summed E-state index contributed by atoms with van der Waals surface area (Å²) in [7, 11) is 1.52. The molecular formula is C12H18N2O3S. The van der Waals surface area contributed by atoms with Gasteiger partial charge in [-0.1, -0.05) is 0 Å². The van der Waals surface area contributed by atoms with E-state index in [0.29, 0.717) is 22.9 Å². The van der Waals surface area contributed by atoms with E-state index in [1.165, 1.54) is 18.9 Å². The van der Waals surface area contributed by atoms with Crippen molar-refractivity contribution >= 4 is 29.0 Å². The van der Waals surface area contributed by atoms with Crippen LogP contribution in [0.4, 0.5) is 11.4 Å². The van der Waals surface area contributed by atoms with E-state index in [1.807, 2.05) is 0 Å². The lowest BCUT2D eigenvalue weighted by Crippen LogP contribution is -2.23. The summed E-state index contributed by atoms with van der Waals surface area (Å²) in [4.78, 5) is 11.9. The number of hydrogen-bond donors (Lipinski definition) is 3. The van der Waals surface area contributed by atoms with Crippen LogP contribution in [0.3, 0.4) is 0 Å². The lowest BCUT2D eigenvalue weighted by Gasteiger charge is -2.14. The number of nitrogens with one attached hydrogen (secondary N) is 1. The van der Waals surface area contributed by atoms with Crippen LogP contribution in [0.15, 0.2) is 18.2 Å². The van der Waals surface area contributed by atoms with E-state index in [4.69, 9.17) is 15.6 Å². The number of amides is 1. The molecule has 0 spiro atoms. The summed E-state index contributed by atoms with van der Waals surface area (Å²) < 4.78 is 5.15. The Hall–Kier alpha value is -1.40. The van der Waals surface area contributed by atoms with Gasteiger partial charge in [0.05, 0.1) is 24.7 Å². The van der Waals surface area contributed by atoms with Crippen molar-refractivity contribution in [2.75, 3.05) is 30.5 Å². The van der Waals surface area contributed by atoms with E-state index in [1.54, 1.807) is 25.1 Å². The molecule has 0 aliphatic heterocycles. The number of hydrogen-bond acceptors (Lipinski definition) is 5. The smallest absolute Gasteiger partial charge is 0.237 e. The largest absolute Gasteiger partial charge is 0.494 e. The van der Waals surface area contributed by atoms with Gasteiger partial charge < -0.3 is 20.9 Å². The van der Waals surface area contributed by atoms with Gasteiger partial charge in [-0.25, -0.2) is 0 Å². The molecule has 1 unspecified atom stereocenters. The maximum atomic E-state index is 11.9. The van der Waals surface area contributed by atoms with Crippen molar-refractivity contribution in [2.45, 2.75) is 12.2 Å². The van der Waals surface area contributed by atoms with E-state index in [9.17, 15) is 4.79 Å². The fraction of sp³-hybridized carbons (Fsp3) is 0.417. The second-order valence-corrected chi connectivity index (χ2v) is 5.13. The number of nitrogen functional groups attached to an aromatic ring is 1. The number of thioether (sulfide) groups is 1. The summed E-state index contributed by atoms with van der Waals surface area (Å²) in [6.45, 7) is 1.85. The molecule has 1 aromatic carbocycles. The average molecular weight is 270 g/mol. The zero-order chi connectivity index (χ0) is 13.5. The Morgan fingerprint density at radius 1 is 1.61 bits per heavy atom. The van der Waals surface area contributed by atoms with Gasteiger partial charge in [-0.3, -0.25) is 4.79 Å². The first-order chi connectivity index (χ1) is 8.58. The van der Waals surface area contributed by atoms with Gasteiger partial charge in [-0.15, -0.1) is 11.8 Å². The van der Waals surface area contributed by atoms with Gasteiger partial charge >= 0.3 is 0 Å². The van der Waals surface area contributed by atoms with E-state index in [0.717, 1.165) is 0 Å². The lowest BCUT2D eigenvalue weighted by molar-refractivity contribution is -0.115. The normalized spacial score (nSPS) is 11.9. The van der Waals surface area contributed by atoms with Crippen LogP contribution in [-0.4, -0.2) is 35.7 Å². The number of ether oxygens (including phenoxy) is 1. The van der Waals surface area contributed by atoms with Gasteiger partial charge in [0.2, 0.25) is 5.91 Å². The fourth-order valence-electron chi connectivity index (χ4n) is 1.35. The Morgan fingerprint density at radius 3 is 2.94 bits per heavy atom. The summed E-state index contributed by atoms with van der Waals surface area (Å²) in [5.74, 6) is 0.937. The molecule has 0 aliphatic carbocycles. The van der Waals surface area contributed by atoms with Crippen molar-refractivity contribution in [2.24, 2.45) is 0 Å². The Labute approximate surface area is 111 Å². The third-order valence-electron chi connectivity index (χ3n) is 2.31. The van der Waals surface area contributed by atoms with Gasteiger partial charge in [0.15, 0.2) is 0 Å². The Bertz CT molecular complexity index is 412. The van der Waals surface area contributed by atoms with Crippen LogP contribution in [0.5, 0.6) is 5.75 Å². The summed E-state index contributed by atoms with van der Waals surface area (Å²) in [5.41, 5.74) is 6.80. The zero-order valence-corrected chi connectivity index (χ0v) is 11.3. The van der Waals surface area contributed by atoms with Crippen LogP contribution < -0.4 is 15.8 Å². The summed E-state index contributed by atoms with van der Waals surface area (Å²) in [5, 5.41) is 11.3. The number of aliphatic hydroxyl groups excluding tert-OH is 1. The van der Waals surface area contributed by atoms with Gasteiger partial charge in [0.25, 0.3) is 0 Å². The molecule has 1 atom stereocenters. The molecule has 0 saturated heterocycles. The van der Waals surface area contributed by atoms with E-state index < -0.39 is 0 Å². The minimum Gasteiger partial charge on any atom is -0.494 e. The SMILES string of the molecule is COc1cc(N)ccc1NC(=O)C(C)SCCO. The molecule has 6 heteroatoms. The lowest BCUT2D eigenvalue weighted by atomic mass is 10.2. The topological polar surface area (TPSA) is 84.6 Å². The van der Waals surface area contributed by atoms with Crippen LogP contribution in [0.2, 0.25) is 0 Å². The molecule has 0 bridgehead atoms. The molecule has 5 nitrogen and oxygen atoms in total. The van der Waals surface area contributed by atoms with Gasteiger partial charge in [0, 0.05) is 17.5 Å². The molecule has 4 N–H and O–H groups in total. The molecule has 0 saturated carbocycles. The van der Waals surface area contributed by atoms with E-state index >= 15 is 0 Å². The first kappa shape index (κ1) is 14.7. The highest BCUT2D eigenvalue weighted by atomic mass is 32.2. The molecule has 1 rings (SSSR count). The highest BCUT2D eigenvalue weighted by Crippen LogP contribution is 2.27. The second kappa shape index (κ2) is 7.13. The van der Waals surface area contributed by atoms with Gasteiger partial charge in [-0.2, -0.15) is 0 Å². The summed E-state index contributed by atoms with van der Waals surface area (Å²) >= 11 is 1.39. The molecule has 0 aromatic heterocycles. The molecule has 0 fully saturated rings. The number of rotatable bonds is 6. The first-order valence-corrected chi connectivity index (χ1v) is 6.60. The standard InChI is InChI=1S/C12H18N2O3S/c1-8(18-6-5-15)12(16)14-10-4-3-9(13)7-11(10)17-2/h3-4,7-8,15H,5-6,13H2,1-2H3,(H,14,16). The van der Waals surface area contributed by atoms with Crippen LogP contribution in [0, 0.1) is 0 Å². The van der Waals surface area contributed by atoms with Crippen molar-refractivity contribution in [3.63, 3.8) is 0 Å². The number of aliphatic hydroxyl groups is 1. The second-order valence-electron chi connectivity index (χ2n) is 3.69. The number of nitrogens with two attached hydrogens (primary N) is 1. The highest BCUT2D eigenvalue weighted by molar-refractivity contribution is 8.00. The zero-order valence-electron chi connectivity index (χ0n) is 10.5. The van der Waals surface area contributed by atoms with Crippen molar-refractivity contribution in [3.8, 4) is 5.75 Å². The molecule has 100 valence electrons. The summed E-state index contributed by atoms with van der Waals surface area (Å²) in [6, 6.07) is 5.06. The minimum absolute atomic E-state index is 0.0630. The van der Waals surface area contributed by atoms with E-state index in [-0.39, 0.29) is 17.8 Å². The summed E-state index contributed by atoms with van der Waals surface area (Å²) in [6.07, 6.45) is 0. The molecule has 0 heterocycles. The average Bonchev–Trinajstić information content (AvgIpc) is 2.37. The van der Waals surface area contributed by atoms with Crippen molar-refractivity contribution in [3.05, 3.63) is 18.2 Å². The van der Waals surface area contributed by atoms with Gasteiger partial charge in [0.1, 0.15) is 5.75 Å². The number of benzene rings is 1. The Kier molecular flexibility index (Phi) is 5.80. The van der Waals surface area contributed by atoms with Crippen LogP contribution >= 0.6 is 11.8 Å². The van der Waals surface area contributed by atoms with Gasteiger partial charge in [-0.05, 0) is 19.1 Å². The molecular weight excluding hydrogens is 252 g/mol. The predicted octanol–water partition coefficient (Wildman–Crippen LogP) is 1.33. The van der Waals surface area contributed by atoms with Crippen LogP contribution in [0.1, 0.15) is 6.92 Å². The molecule has 18 heavy (non-hydrogen) atoms. The van der Waals surface area contributed by atoms with Crippen molar-refractivity contribution < 1.29 is 14.6 Å². The number of carbonyl (C=O) groups is 1. The molecule has 1 aromatic rings. The maximum absolute atomic E-state index is 11.9. The quantitative estimate of drug-likeness (QED) is 0.679. The Balaban J connectivity index is 2.69. The van der Waals surface area contributed by atoms with Crippen LogP contribution in [0.25, 0.3) is 0 Å². The maximum Gasteiger partial charge on any atom is 0.237 e. The predicted molar refractivity (Wildman–Crippen MR) is 75.0 cm³/mol. The van der Waals surface area contributed by atoms with E-state index in [2.05, 4.69) is 5.32 Å².